The third kappa shape index (κ3) is 1.93. The summed E-state index contributed by atoms with van der Waals surface area (Å²) in [7, 11) is 0. The number of benzene rings is 1. The molecule has 0 saturated heterocycles. The number of thiazole rings is 1. The maximum absolute atomic E-state index is 13.0. The van der Waals surface area contributed by atoms with E-state index in [4.69, 9.17) is 14.1 Å². The van der Waals surface area contributed by atoms with Crippen molar-refractivity contribution in [3.63, 3.8) is 0 Å². The van der Waals surface area contributed by atoms with Crippen molar-refractivity contribution in [3.05, 3.63) is 73.7 Å². The Morgan fingerprint density at radius 2 is 2.25 bits per heavy atom. The molecule has 0 spiro atoms. The first-order valence-corrected chi connectivity index (χ1v) is 8.58. The Morgan fingerprint density at radius 3 is 3.08 bits per heavy atom. The molecule has 6 heteroatoms. The Morgan fingerprint density at radius 1 is 1.38 bits per heavy atom. The first-order chi connectivity index (χ1) is 11.6. The molecular weight excluding hydrogens is 324 g/mol. The van der Waals surface area contributed by atoms with Gasteiger partial charge in [0.2, 0.25) is 5.72 Å². The number of furan rings is 1. The lowest BCUT2D eigenvalue weighted by Gasteiger charge is -2.39. The van der Waals surface area contributed by atoms with E-state index in [1.165, 1.54) is 11.3 Å². The number of hydrogen-bond acceptors (Lipinski definition) is 5. The quantitative estimate of drug-likeness (QED) is 0.682. The minimum Gasteiger partial charge on any atom is -0.472 e. The van der Waals surface area contributed by atoms with Gasteiger partial charge in [-0.1, -0.05) is 29.5 Å². The molecule has 24 heavy (non-hydrogen) atoms. The van der Waals surface area contributed by atoms with E-state index in [2.05, 4.69) is 0 Å². The smallest absolute Gasteiger partial charge is 0.270 e. The van der Waals surface area contributed by atoms with Gasteiger partial charge in [0.25, 0.3) is 5.56 Å². The molecular formula is C18H14N2O3S. The molecule has 2 aliphatic rings. The molecule has 3 aromatic rings. The van der Waals surface area contributed by atoms with E-state index in [-0.39, 0.29) is 11.6 Å². The molecule has 2 aromatic heterocycles. The van der Waals surface area contributed by atoms with Crippen molar-refractivity contribution in [1.29, 1.82) is 0 Å². The average Bonchev–Trinajstić information content (AvgIpc) is 3.16. The van der Waals surface area contributed by atoms with Gasteiger partial charge in [-0.15, -0.1) is 0 Å². The van der Waals surface area contributed by atoms with Crippen molar-refractivity contribution in [2.45, 2.75) is 25.1 Å². The van der Waals surface area contributed by atoms with Gasteiger partial charge < -0.3 is 9.15 Å². The van der Waals surface area contributed by atoms with Gasteiger partial charge in [-0.05, 0) is 25.1 Å². The Labute approximate surface area is 141 Å². The van der Waals surface area contributed by atoms with E-state index < -0.39 is 5.72 Å². The standard InChI is InChI=1S/C18H14N2O3S/c1-18-9-13(12-4-2-3-5-14(12)23-18)20-16(21)15(24-17(20)19-18)8-11-6-7-22-10-11/h2-8,10,13H,9H2,1H3/b15-8+/t13-,18+/m0/s1. The molecule has 2 atom stereocenters. The molecule has 0 aliphatic carbocycles. The molecule has 4 heterocycles. The van der Waals surface area contributed by atoms with Crippen molar-refractivity contribution in [2.24, 2.45) is 4.99 Å². The summed E-state index contributed by atoms with van der Waals surface area (Å²) in [6, 6.07) is 9.68. The van der Waals surface area contributed by atoms with Crippen molar-refractivity contribution < 1.29 is 9.15 Å². The van der Waals surface area contributed by atoms with Gasteiger partial charge in [0, 0.05) is 17.5 Å². The topological polar surface area (TPSA) is 56.7 Å². The number of rotatable bonds is 1. The summed E-state index contributed by atoms with van der Waals surface area (Å²) in [6.07, 6.45) is 5.73. The van der Waals surface area contributed by atoms with Gasteiger partial charge in [0.05, 0.1) is 23.1 Å². The molecule has 0 fully saturated rings. The molecule has 0 amide bonds. The fourth-order valence-corrected chi connectivity index (χ4v) is 4.57. The second-order valence-electron chi connectivity index (χ2n) is 6.27. The van der Waals surface area contributed by atoms with Crippen LogP contribution in [-0.4, -0.2) is 10.3 Å². The van der Waals surface area contributed by atoms with Gasteiger partial charge in [-0.3, -0.25) is 9.36 Å². The number of nitrogens with zero attached hydrogens (tertiary/aromatic N) is 2. The van der Waals surface area contributed by atoms with Crippen molar-refractivity contribution >= 4 is 17.4 Å². The molecule has 120 valence electrons. The van der Waals surface area contributed by atoms with Crippen LogP contribution in [0.4, 0.5) is 0 Å². The highest BCUT2D eigenvalue weighted by Gasteiger charge is 2.42. The van der Waals surface area contributed by atoms with Crippen molar-refractivity contribution in [1.82, 2.24) is 4.57 Å². The summed E-state index contributed by atoms with van der Waals surface area (Å²) in [5, 5.41) is 0. The maximum atomic E-state index is 13.0. The molecule has 0 unspecified atom stereocenters. The first-order valence-electron chi connectivity index (χ1n) is 7.76. The molecule has 5 nitrogen and oxygen atoms in total. The lowest BCUT2D eigenvalue weighted by atomic mass is 9.93. The highest BCUT2D eigenvalue weighted by Crippen LogP contribution is 2.42. The van der Waals surface area contributed by atoms with Gasteiger partial charge in [-0.25, -0.2) is 4.99 Å². The second kappa shape index (κ2) is 4.70. The largest absolute Gasteiger partial charge is 0.472 e. The number of ether oxygens (including phenoxy) is 1. The molecule has 5 rings (SSSR count). The normalized spacial score (nSPS) is 24.7. The van der Waals surface area contributed by atoms with Crippen LogP contribution in [0, 0.1) is 0 Å². The van der Waals surface area contributed by atoms with Crippen LogP contribution in [0.25, 0.3) is 6.08 Å². The second-order valence-corrected chi connectivity index (χ2v) is 7.28. The minimum absolute atomic E-state index is 0.0105. The SMILES string of the molecule is C[C@]12C[C@@H](c3ccccc3O1)n1c(s/c(=C/c3ccoc3)c1=O)=N2. The van der Waals surface area contributed by atoms with Crippen molar-refractivity contribution in [3.8, 4) is 5.75 Å². The van der Waals surface area contributed by atoms with E-state index >= 15 is 0 Å². The Hall–Kier alpha value is -2.60. The van der Waals surface area contributed by atoms with E-state index in [0.717, 1.165) is 16.9 Å². The van der Waals surface area contributed by atoms with Crippen LogP contribution in [-0.2, 0) is 0 Å². The Kier molecular flexibility index (Phi) is 2.71. The zero-order chi connectivity index (χ0) is 16.3. The summed E-state index contributed by atoms with van der Waals surface area (Å²) in [6.45, 7) is 1.98. The van der Waals surface area contributed by atoms with E-state index in [0.29, 0.717) is 15.8 Å². The first kappa shape index (κ1) is 13.8. The molecule has 1 aromatic carbocycles. The monoisotopic (exact) mass is 338 g/mol. The average molecular weight is 338 g/mol. The van der Waals surface area contributed by atoms with Gasteiger partial charge in [-0.2, -0.15) is 0 Å². The fraction of sp³-hybridized carbons (Fsp3) is 0.222. The molecule has 0 radical (unpaired) electrons. The summed E-state index contributed by atoms with van der Waals surface area (Å²) < 4.78 is 13.6. The van der Waals surface area contributed by atoms with Crippen LogP contribution in [0.2, 0.25) is 0 Å². The van der Waals surface area contributed by atoms with Gasteiger partial charge >= 0.3 is 0 Å². The Bertz CT molecular complexity index is 1110. The van der Waals surface area contributed by atoms with E-state index in [1.807, 2.05) is 43.3 Å². The van der Waals surface area contributed by atoms with Crippen LogP contribution >= 0.6 is 11.3 Å². The van der Waals surface area contributed by atoms with E-state index in [9.17, 15) is 4.79 Å². The van der Waals surface area contributed by atoms with Gasteiger partial charge in [0.1, 0.15) is 5.75 Å². The lowest BCUT2D eigenvalue weighted by molar-refractivity contribution is 0.0410. The predicted molar refractivity (Wildman–Crippen MR) is 89.9 cm³/mol. The van der Waals surface area contributed by atoms with E-state index in [1.54, 1.807) is 17.1 Å². The highest BCUT2D eigenvalue weighted by molar-refractivity contribution is 7.07. The summed E-state index contributed by atoms with van der Waals surface area (Å²) in [4.78, 5) is 18.4. The predicted octanol–water partition coefficient (Wildman–Crippen LogP) is 2.05. The molecule has 2 bridgehead atoms. The minimum atomic E-state index is -0.622. The van der Waals surface area contributed by atoms with Gasteiger partial charge in [0.15, 0.2) is 4.80 Å². The molecule has 0 N–H and O–H groups in total. The Balaban J connectivity index is 1.80. The summed E-state index contributed by atoms with van der Waals surface area (Å²) >= 11 is 1.40. The number of fused-ring (bicyclic) bond motifs is 6. The third-order valence-electron chi connectivity index (χ3n) is 4.50. The van der Waals surface area contributed by atoms with Crippen LogP contribution in [0.5, 0.6) is 5.75 Å². The summed E-state index contributed by atoms with van der Waals surface area (Å²) in [5.41, 5.74) is 1.28. The zero-order valence-corrected chi connectivity index (χ0v) is 13.7. The maximum Gasteiger partial charge on any atom is 0.270 e. The number of hydrogen-bond donors (Lipinski definition) is 0. The van der Waals surface area contributed by atoms with Crippen molar-refractivity contribution in [2.75, 3.05) is 0 Å². The van der Waals surface area contributed by atoms with Crippen LogP contribution < -0.4 is 19.6 Å². The zero-order valence-electron chi connectivity index (χ0n) is 12.9. The highest BCUT2D eigenvalue weighted by atomic mass is 32.1. The fourth-order valence-electron chi connectivity index (χ4n) is 3.45. The molecule has 0 saturated carbocycles. The van der Waals surface area contributed by atoms with Crippen LogP contribution in [0.3, 0.4) is 0 Å². The van der Waals surface area contributed by atoms with Crippen LogP contribution in [0.15, 0.2) is 57.1 Å². The lowest BCUT2D eigenvalue weighted by Crippen LogP contribution is -2.49. The molecule has 2 aliphatic heterocycles. The third-order valence-corrected chi connectivity index (χ3v) is 5.48. The number of aromatic nitrogens is 1. The number of para-hydroxylation sites is 1. The summed E-state index contributed by atoms with van der Waals surface area (Å²) in [5.74, 6) is 0.809. The van der Waals surface area contributed by atoms with Crippen LogP contribution in [0.1, 0.15) is 30.5 Å².